The van der Waals surface area contributed by atoms with Gasteiger partial charge in [-0.3, -0.25) is 21.0 Å². The lowest BCUT2D eigenvalue weighted by Gasteiger charge is -2.15. The predicted octanol–water partition coefficient (Wildman–Crippen LogP) is 2.17. The van der Waals surface area contributed by atoms with Crippen LogP contribution in [-0.2, 0) is 10.0 Å². The van der Waals surface area contributed by atoms with Gasteiger partial charge in [0, 0.05) is 11.8 Å². The number of nitro benzene ring substituents is 1. The molecule has 138 valence electrons. The number of rotatable bonds is 5. The van der Waals surface area contributed by atoms with Crippen molar-refractivity contribution in [1.29, 1.82) is 0 Å². The number of sulfonamides is 1. The van der Waals surface area contributed by atoms with Gasteiger partial charge in [-0.2, -0.15) is 0 Å². The Morgan fingerprint density at radius 3 is 2.50 bits per heavy atom. The molecule has 0 radical (unpaired) electrons. The zero-order chi connectivity index (χ0) is 19.5. The second-order valence-corrected chi connectivity index (χ2v) is 7.40. The van der Waals surface area contributed by atoms with Gasteiger partial charge in [0.25, 0.3) is 5.69 Å². The Kier molecular flexibility index (Phi) is 5.75. The van der Waals surface area contributed by atoms with Crippen LogP contribution in [0.3, 0.4) is 0 Å². The van der Waals surface area contributed by atoms with Gasteiger partial charge < -0.3 is 5.32 Å². The molecule has 0 atom stereocenters. The van der Waals surface area contributed by atoms with Crippen molar-refractivity contribution in [3.05, 3.63) is 57.6 Å². The third kappa shape index (κ3) is 4.65. The van der Waals surface area contributed by atoms with Gasteiger partial charge in [-0.05, 0) is 55.4 Å². The largest absolute Gasteiger partial charge is 0.331 e. The van der Waals surface area contributed by atoms with Crippen molar-refractivity contribution >= 4 is 44.4 Å². The summed E-state index contributed by atoms with van der Waals surface area (Å²) in [7, 11) is -4.05. The monoisotopic (exact) mass is 395 g/mol. The summed E-state index contributed by atoms with van der Waals surface area (Å²) in [6.45, 7) is 3.90. The van der Waals surface area contributed by atoms with Crippen molar-refractivity contribution in [2.75, 3.05) is 10.7 Å². The van der Waals surface area contributed by atoms with E-state index in [0.717, 1.165) is 28.9 Å². The van der Waals surface area contributed by atoms with Gasteiger partial charge in [0.1, 0.15) is 5.69 Å². The number of nitrogens with one attached hydrogen (secondary N) is 3. The number of hydrogen-bond donors (Lipinski definition) is 4. The Bertz CT molecular complexity index is 976. The van der Waals surface area contributed by atoms with Crippen molar-refractivity contribution in [1.82, 2.24) is 5.43 Å². The van der Waals surface area contributed by atoms with E-state index in [4.69, 9.17) is 17.4 Å². The molecule has 0 heterocycles. The number of aryl methyl sites for hydroxylation is 1. The average Bonchev–Trinajstić information content (AvgIpc) is 2.56. The molecule has 0 fully saturated rings. The summed E-state index contributed by atoms with van der Waals surface area (Å²) in [4.78, 5) is 10.1. The third-order valence-electron chi connectivity index (χ3n) is 3.66. The Morgan fingerprint density at radius 1 is 1.19 bits per heavy atom. The number of nitro groups is 1. The molecule has 0 bridgehead atoms. The van der Waals surface area contributed by atoms with E-state index in [2.05, 4.69) is 16.2 Å². The minimum Gasteiger partial charge on any atom is -0.331 e. The molecule has 0 amide bonds. The quantitative estimate of drug-likeness (QED) is 0.343. The molecule has 0 aliphatic heterocycles. The van der Waals surface area contributed by atoms with E-state index in [-0.39, 0.29) is 15.7 Å². The summed E-state index contributed by atoms with van der Waals surface area (Å²) >= 11 is 5.16. The summed E-state index contributed by atoms with van der Waals surface area (Å²) in [5.41, 5.74) is 7.70. The topological polar surface area (TPSA) is 139 Å². The smallest absolute Gasteiger partial charge is 0.295 e. The van der Waals surface area contributed by atoms with Crippen molar-refractivity contribution in [2.45, 2.75) is 18.7 Å². The van der Waals surface area contributed by atoms with E-state index in [1.165, 1.54) is 6.07 Å². The maximum Gasteiger partial charge on any atom is 0.295 e. The molecule has 0 aliphatic rings. The van der Waals surface area contributed by atoms with E-state index < -0.39 is 20.6 Å². The van der Waals surface area contributed by atoms with Crippen LogP contribution >= 0.6 is 12.2 Å². The number of benzene rings is 2. The first kappa shape index (κ1) is 19.6. The Hall–Kier alpha value is -2.76. The van der Waals surface area contributed by atoms with Crippen LogP contribution in [0.25, 0.3) is 0 Å². The Labute approximate surface area is 155 Å². The second kappa shape index (κ2) is 7.64. The maximum atomic E-state index is 11.3. The summed E-state index contributed by atoms with van der Waals surface area (Å²) in [6, 6.07) is 8.95. The van der Waals surface area contributed by atoms with E-state index in [9.17, 15) is 18.5 Å². The number of nitrogens with zero attached hydrogens (tertiary/aromatic N) is 1. The first-order valence-corrected chi connectivity index (χ1v) is 9.25. The maximum absolute atomic E-state index is 11.3. The highest BCUT2D eigenvalue weighted by molar-refractivity contribution is 7.89. The highest BCUT2D eigenvalue weighted by Crippen LogP contribution is 2.26. The fraction of sp³-hybridized carbons (Fsp3) is 0.133. The zero-order valence-electron chi connectivity index (χ0n) is 13.9. The molecule has 11 heteroatoms. The predicted molar refractivity (Wildman–Crippen MR) is 103 cm³/mol. The molecular weight excluding hydrogens is 378 g/mol. The molecule has 2 aromatic carbocycles. The molecule has 26 heavy (non-hydrogen) atoms. The van der Waals surface area contributed by atoms with Gasteiger partial charge >= 0.3 is 0 Å². The number of nitrogens with two attached hydrogens (primary N) is 1. The average molecular weight is 395 g/mol. The molecule has 0 spiro atoms. The van der Waals surface area contributed by atoms with E-state index >= 15 is 0 Å². The lowest BCUT2D eigenvalue weighted by Crippen LogP contribution is -2.33. The SMILES string of the molecule is Cc1cccc(NC(=S)NNc2ccc(S(N)(=O)=O)cc2[N+](=O)[O-])c1C. The van der Waals surface area contributed by atoms with Crippen LogP contribution in [0.5, 0.6) is 0 Å². The first-order valence-electron chi connectivity index (χ1n) is 7.30. The summed E-state index contributed by atoms with van der Waals surface area (Å²) in [5.74, 6) is 0. The van der Waals surface area contributed by atoms with Crippen LogP contribution < -0.4 is 21.3 Å². The molecule has 5 N–H and O–H groups in total. The molecule has 0 saturated heterocycles. The zero-order valence-corrected chi connectivity index (χ0v) is 15.6. The summed E-state index contributed by atoms with van der Waals surface area (Å²) in [6.07, 6.45) is 0. The number of thiocarbonyl (C=S) groups is 1. The van der Waals surface area contributed by atoms with Gasteiger partial charge in [-0.15, -0.1) is 0 Å². The second-order valence-electron chi connectivity index (χ2n) is 5.43. The van der Waals surface area contributed by atoms with Crippen LogP contribution in [-0.4, -0.2) is 18.5 Å². The highest BCUT2D eigenvalue weighted by atomic mass is 32.2. The fourth-order valence-corrected chi connectivity index (χ4v) is 2.80. The summed E-state index contributed by atoms with van der Waals surface area (Å²) < 4.78 is 22.7. The Morgan fingerprint density at radius 2 is 1.88 bits per heavy atom. The molecule has 0 unspecified atom stereocenters. The van der Waals surface area contributed by atoms with Gasteiger partial charge in [0.2, 0.25) is 10.0 Å². The Balaban J connectivity index is 2.15. The lowest BCUT2D eigenvalue weighted by atomic mass is 10.1. The minimum absolute atomic E-state index is 0.0347. The standard InChI is InChI=1S/C15H17N5O4S2/c1-9-4-3-5-12(10(9)2)17-15(25)19-18-13-7-6-11(26(16,23)24)8-14(13)20(21)22/h3-8,18H,1-2H3,(H2,16,23,24)(H2,17,19,25). The lowest BCUT2D eigenvalue weighted by molar-refractivity contribution is -0.384. The molecule has 2 aromatic rings. The van der Waals surface area contributed by atoms with Crippen molar-refractivity contribution < 1.29 is 13.3 Å². The minimum atomic E-state index is -4.05. The normalized spacial score (nSPS) is 10.9. The number of hydrogen-bond acceptors (Lipinski definition) is 6. The van der Waals surface area contributed by atoms with Crippen LogP contribution in [0.1, 0.15) is 11.1 Å². The van der Waals surface area contributed by atoms with Crippen molar-refractivity contribution in [3.63, 3.8) is 0 Å². The molecule has 0 aliphatic carbocycles. The fourth-order valence-electron chi connectivity index (χ4n) is 2.11. The number of hydrazine groups is 1. The molecule has 0 saturated carbocycles. The van der Waals surface area contributed by atoms with E-state index in [1.54, 1.807) is 0 Å². The molecular formula is C15H17N5O4S2. The highest BCUT2D eigenvalue weighted by Gasteiger charge is 2.19. The third-order valence-corrected chi connectivity index (χ3v) is 4.77. The van der Waals surface area contributed by atoms with Gasteiger partial charge in [-0.25, -0.2) is 13.6 Å². The molecule has 2 rings (SSSR count). The van der Waals surface area contributed by atoms with Crippen LogP contribution in [0.2, 0.25) is 0 Å². The van der Waals surface area contributed by atoms with Gasteiger partial charge in [-0.1, -0.05) is 12.1 Å². The van der Waals surface area contributed by atoms with E-state index in [0.29, 0.717) is 0 Å². The molecule has 9 nitrogen and oxygen atoms in total. The van der Waals surface area contributed by atoms with Crippen molar-refractivity contribution in [3.8, 4) is 0 Å². The van der Waals surface area contributed by atoms with Gasteiger partial charge in [0.05, 0.1) is 9.82 Å². The van der Waals surface area contributed by atoms with Gasteiger partial charge in [0.15, 0.2) is 5.11 Å². The van der Waals surface area contributed by atoms with Crippen LogP contribution in [0.15, 0.2) is 41.3 Å². The van der Waals surface area contributed by atoms with E-state index in [1.807, 2.05) is 32.0 Å². The number of anilines is 2. The summed E-state index contributed by atoms with van der Waals surface area (Å²) in [5, 5.41) is 19.3. The van der Waals surface area contributed by atoms with Crippen molar-refractivity contribution in [2.24, 2.45) is 5.14 Å². The first-order chi connectivity index (χ1) is 12.1. The van der Waals surface area contributed by atoms with Crippen LogP contribution in [0.4, 0.5) is 17.1 Å². The number of primary sulfonamides is 1. The van der Waals surface area contributed by atoms with Crippen LogP contribution in [0, 0.1) is 24.0 Å². The molecule has 0 aromatic heterocycles.